The summed E-state index contributed by atoms with van der Waals surface area (Å²) in [5, 5.41) is 0.701. The molecule has 0 radical (unpaired) electrons. The lowest BCUT2D eigenvalue weighted by atomic mass is 10.1. The summed E-state index contributed by atoms with van der Waals surface area (Å²) in [5.74, 6) is 0. The predicted octanol–water partition coefficient (Wildman–Crippen LogP) is 1.97. The maximum absolute atomic E-state index is 12.0. The molecule has 1 heterocycles. The summed E-state index contributed by atoms with van der Waals surface area (Å²) < 4.78 is 26.5. The molecule has 0 amide bonds. The number of aromatic amines is 1. The predicted molar refractivity (Wildman–Crippen MR) is 73.5 cm³/mol. The first-order chi connectivity index (χ1) is 8.97. The SMILES string of the molecule is CC(Cc1cccc(Cl)c1)NS(=O)(=O)c1cnc[nH]1. The topological polar surface area (TPSA) is 74.8 Å². The molecule has 0 spiro atoms. The quantitative estimate of drug-likeness (QED) is 0.886. The van der Waals surface area contributed by atoms with E-state index < -0.39 is 10.0 Å². The number of benzene rings is 1. The van der Waals surface area contributed by atoms with Gasteiger partial charge in [-0.3, -0.25) is 0 Å². The monoisotopic (exact) mass is 299 g/mol. The summed E-state index contributed by atoms with van der Waals surface area (Å²) in [4.78, 5) is 6.27. The minimum Gasteiger partial charge on any atom is -0.335 e. The summed E-state index contributed by atoms with van der Waals surface area (Å²) in [7, 11) is -3.55. The van der Waals surface area contributed by atoms with E-state index >= 15 is 0 Å². The van der Waals surface area contributed by atoms with Gasteiger partial charge >= 0.3 is 0 Å². The van der Waals surface area contributed by atoms with Crippen molar-refractivity contribution in [2.45, 2.75) is 24.4 Å². The lowest BCUT2D eigenvalue weighted by Crippen LogP contribution is -2.34. The molecule has 0 fully saturated rings. The fourth-order valence-electron chi connectivity index (χ4n) is 1.78. The highest BCUT2D eigenvalue weighted by Crippen LogP contribution is 2.13. The highest BCUT2D eigenvalue weighted by molar-refractivity contribution is 7.89. The molecule has 5 nitrogen and oxygen atoms in total. The Labute approximate surface area is 117 Å². The molecule has 0 aliphatic heterocycles. The van der Waals surface area contributed by atoms with Gasteiger partial charge in [-0.05, 0) is 31.0 Å². The van der Waals surface area contributed by atoms with Crippen molar-refractivity contribution >= 4 is 21.6 Å². The Hall–Kier alpha value is -1.37. The summed E-state index contributed by atoms with van der Waals surface area (Å²) in [6.07, 6.45) is 3.17. The third kappa shape index (κ3) is 3.79. The first-order valence-electron chi connectivity index (χ1n) is 5.72. The van der Waals surface area contributed by atoms with E-state index in [4.69, 9.17) is 11.6 Å². The van der Waals surface area contributed by atoms with Crippen molar-refractivity contribution in [3.8, 4) is 0 Å². The normalized spacial score (nSPS) is 13.4. The molecule has 7 heteroatoms. The largest absolute Gasteiger partial charge is 0.335 e. The van der Waals surface area contributed by atoms with Crippen LogP contribution in [0.25, 0.3) is 0 Å². The Morgan fingerprint density at radius 2 is 2.26 bits per heavy atom. The first kappa shape index (κ1) is 14.0. The molecule has 0 saturated heterocycles. The van der Waals surface area contributed by atoms with E-state index in [9.17, 15) is 8.42 Å². The van der Waals surface area contributed by atoms with Crippen molar-refractivity contribution in [2.75, 3.05) is 0 Å². The van der Waals surface area contributed by atoms with Gasteiger partial charge in [0.25, 0.3) is 10.0 Å². The van der Waals surface area contributed by atoms with Gasteiger partial charge in [0.15, 0.2) is 5.03 Å². The van der Waals surface area contributed by atoms with Gasteiger partial charge in [-0.2, -0.15) is 0 Å². The number of nitrogens with one attached hydrogen (secondary N) is 2. The van der Waals surface area contributed by atoms with E-state index in [0.717, 1.165) is 5.56 Å². The van der Waals surface area contributed by atoms with E-state index in [1.807, 2.05) is 18.2 Å². The molecule has 0 bridgehead atoms. The van der Waals surface area contributed by atoms with Crippen LogP contribution in [0.5, 0.6) is 0 Å². The lowest BCUT2D eigenvalue weighted by Gasteiger charge is -2.13. The Morgan fingerprint density at radius 3 is 2.89 bits per heavy atom. The van der Waals surface area contributed by atoms with Crippen LogP contribution in [0.15, 0.2) is 41.8 Å². The van der Waals surface area contributed by atoms with E-state index in [1.54, 1.807) is 13.0 Å². The van der Waals surface area contributed by atoms with Crippen molar-refractivity contribution < 1.29 is 8.42 Å². The van der Waals surface area contributed by atoms with Crippen LogP contribution in [0.3, 0.4) is 0 Å². The van der Waals surface area contributed by atoms with Gasteiger partial charge in [0.2, 0.25) is 0 Å². The molecule has 0 saturated carbocycles. The standard InChI is InChI=1S/C12H14ClN3O2S/c1-9(5-10-3-2-4-11(13)6-10)16-19(17,18)12-7-14-8-15-12/h2-4,6-9,16H,5H2,1H3,(H,14,15). The van der Waals surface area contributed by atoms with Crippen LogP contribution in [0, 0.1) is 0 Å². The highest BCUT2D eigenvalue weighted by atomic mass is 35.5. The van der Waals surface area contributed by atoms with Crippen LogP contribution in [0.2, 0.25) is 5.02 Å². The molecular weight excluding hydrogens is 286 g/mol. The Balaban J connectivity index is 2.04. The first-order valence-corrected chi connectivity index (χ1v) is 7.58. The van der Waals surface area contributed by atoms with Crippen molar-refractivity contribution in [3.63, 3.8) is 0 Å². The number of hydrogen-bond acceptors (Lipinski definition) is 3. The maximum atomic E-state index is 12.0. The summed E-state index contributed by atoms with van der Waals surface area (Å²) in [6.45, 7) is 1.80. The molecule has 1 aromatic heterocycles. The zero-order valence-corrected chi connectivity index (χ0v) is 11.9. The fourth-order valence-corrected chi connectivity index (χ4v) is 3.14. The lowest BCUT2D eigenvalue weighted by molar-refractivity contribution is 0.557. The van der Waals surface area contributed by atoms with E-state index in [1.165, 1.54) is 12.5 Å². The van der Waals surface area contributed by atoms with Crippen LogP contribution in [0.4, 0.5) is 0 Å². The van der Waals surface area contributed by atoms with Crippen LogP contribution in [0.1, 0.15) is 12.5 Å². The molecule has 2 aromatic rings. The average molecular weight is 300 g/mol. The number of aromatic nitrogens is 2. The van der Waals surface area contributed by atoms with Gasteiger partial charge in [-0.1, -0.05) is 23.7 Å². The summed E-state index contributed by atoms with van der Waals surface area (Å²) in [5.41, 5.74) is 0.979. The Morgan fingerprint density at radius 1 is 1.47 bits per heavy atom. The van der Waals surface area contributed by atoms with Crippen molar-refractivity contribution in [1.82, 2.24) is 14.7 Å². The molecule has 1 aromatic carbocycles. The van der Waals surface area contributed by atoms with Gasteiger partial charge in [0.1, 0.15) is 0 Å². The fraction of sp³-hybridized carbons (Fsp3) is 0.250. The van der Waals surface area contributed by atoms with Gasteiger partial charge in [-0.15, -0.1) is 0 Å². The zero-order valence-electron chi connectivity index (χ0n) is 10.3. The Kier molecular flexibility index (Phi) is 4.24. The summed E-state index contributed by atoms with van der Waals surface area (Å²) >= 11 is 5.89. The van der Waals surface area contributed by atoms with Crippen molar-refractivity contribution in [1.29, 1.82) is 0 Å². The van der Waals surface area contributed by atoms with Crippen LogP contribution in [-0.2, 0) is 16.4 Å². The molecule has 1 atom stereocenters. The number of sulfonamides is 1. The number of imidazole rings is 1. The molecule has 1 unspecified atom stereocenters. The zero-order chi connectivity index (χ0) is 13.9. The second kappa shape index (κ2) is 5.73. The second-order valence-corrected chi connectivity index (χ2v) is 6.39. The Bertz CT molecular complexity index is 641. The summed E-state index contributed by atoms with van der Waals surface area (Å²) in [6, 6.07) is 7.11. The van der Waals surface area contributed by atoms with Crippen LogP contribution in [-0.4, -0.2) is 24.4 Å². The van der Waals surface area contributed by atoms with Gasteiger partial charge in [0.05, 0.1) is 12.5 Å². The molecule has 0 aliphatic carbocycles. The molecule has 0 aliphatic rings. The maximum Gasteiger partial charge on any atom is 0.257 e. The smallest absolute Gasteiger partial charge is 0.257 e. The average Bonchev–Trinajstić information content (AvgIpc) is 2.81. The van der Waals surface area contributed by atoms with Crippen molar-refractivity contribution in [3.05, 3.63) is 47.4 Å². The van der Waals surface area contributed by atoms with Gasteiger partial charge in [-0.25, -0.2) is 18.1 Å². The highest BCUT2D eigenvalue weighted by Gasteiger charge is 2.18. The number of halogens is 1. The number of H-pyrrole nitrogens is 1. The number of rotatable bonds is 5. The van der Waals surface area contributed by atoms with Crippen LogP contribution < -0.4 is 4.72 Å². The third-order valence-electron chi connectivity index (χ3n) is 2.55. The van der Waals surface area contributed by atoms with Crippen LogP contribution >= 0.6 is 11.6 Å². The molecule has 102 valence electrons. The molecule has 19 heavy (non-hydrogen) atoms. The second-order valence-electron chi connectivity index (χ2n) is 4.27. The van der Waals surface area contributed by atoms with Crippen molar-refractivity contribution in [2.24, 2.45) is 0 Å². The number of nitrogens with zero attached hydrogens (tertiary/aromatic N) is 1. The molecular formula is C12H14ClN3O2S. The van der Waals surface area contributed by atoms with Gasteiger partial charge in [0, 0.05) is 11.1 Å². The van der Waals surface area contributed by atoms with E-state index in [-0.39, 0.29) is 11.1 Å². The van der Waals surface area contributed by atoms with E-state index in [0.29, 0.717) is 11.4 Å². The molecule has 2 rings (SSSR count). The molecule has 2 N–H and O–H groups in total. The number of hydrogen-bond donors (Lipinski definition) is 2. The minimum absolute atomic E-state index is 0.0606. The van der Waals surface area contributed by atoms with Gasteiger partial charge < -0.3 is 4.98 Å². The third-order valence-corrected chi connectivity index (χ3v) is 4.30. The minimum atomic E-state index is -3.55. The van der Waals surface area contributed by atoms with E-state index in [2.05, 4.69) is 14.7 Å².